The molecular weight excluding hydrogens is 368 g/mol. The topological polar surface area (TPSA) is 75.3 Å². The second-order valence-corrected chi connectivity index (χ2v) is 7.31. The van der Waals surface area contributed by atoms with E-state index in [4.69, 9.17) is 24.7 Å². The molecule has 0 heterocycles. The van der Waals surface area contributed by atoms with Crippen LogP contribution in [-0.2, 0) is 18.9 Å². The summed E-state index contributed by atoms with van der Waals surface area (Å²) >= 11 is 0. The van der Waals surface area contributed by atoms with Gasteiger partial charge in [0.25, 0.3) is 6.02 Å². The Balaban J connectivity index is 4.27. The number of allylic oxidation sites excluding steroid dienone is 2. The summed E-state index contributed by atoms with van der Waals surface area (Å²) in [5.41, 5.74) is 7.51. The average Bonchev–Trinajstić information content (AvgIpc) is 2.71. The Bertz CT molecular complexity index is 475. The maximum absolute atomic E-state index is 5.95. The molecule has 0 unspecified atom stereocenters. The molecule has 0 radical (unpaired) electrons. The first-order valence-electron chi connectivity index (χ1n) is 11.0. The van der Waals surface area contributed by atoms with Crippen LogP contribution in [0.1, 0.15) is 84.5 Å². The molecule has 0 saturated carbocycles. The van der Waals surface area contributed by atoms with Gasteiger partial charge in [-0.15, -0.1) is 0 Å². The highest BCUT2D eigenvalue weighted by Gasteiger charge is 2.10. The Hall–Kier alpha value is -1.53. The minimum Gasteiger partial charge on any atom is -0.491 e. The van der Waals surface area contributed by atoms with E-state index in [1.54, 1.807) is 7.11 Å². The Morgan fingerprint density at radius 1 is 0.897 bits per heavy atom. The predicted octanol–water partition coefficient (Wildman–Crippen LogP) is 5.68. The van der Waals surface area contributed by atoms with Gasteiger partial charge in [0.1, 0.15) is 12.6 Å². The molecule has 0 aromatic heterocycles. The summed E-state index contributed by atoms with van der Waals surface area (Å²) in [7, 11) is 3.18. The molecule has 0 aliphatic rings. The zero-order valence-corrected chi connectivity index (χ0v) is 19.3. The molecule has 0 aliphatic carbocycles. The number of unbranched alkanes of at least 4 members (excludes halogenated alkanes) is 8. The second-order valence-electron chi connectivity index (χ2n) is 7.31. The van der Waals surface area contributed by atoms with Gasteiger partial charge in [0, 0.05) is 13.7 Å². The molecule has 170 valence electrons. The van der Waals surface area contributed by atoms with Crippen LogP contribution in [-0.4, -0.2) is 40.2 Å². The summed E-state index contributed by atoms with van der Waals surface area (Å²) in [6.45, 7) is 9.99. The lowest BCUT2D eigenvalue weighted by molar-refractivity contribution is -0.0315. The molecule has 0 aromatic rings. The molecule has 0 aliphatic heterocycles. The van der Waals surface area contributed by atoms with E-state index in [0.717, 1.165) is 55.7 Å². The number of amidine groups is 1. The van der Waals surface area contributed by atoms with Crippen LogP contribution >= 0.6 is 0 Å². The van der Waals surface area contributed by atoms with Gasteiger partial charge in [-0.25, -0.2) is 0 Å². The van der Waals surface area contributed by atoms with Gasteiger partial charge in [-0.05, 0) is 38.2 Å². The molecule has 6 nitrogen and oxygen atoms in total. The zero-order chi connectivity index (χ0) is 21.7. The van der Waals surface area contributed by atoms with E-state index in [1.807, 2.05) is 6.92 Å². The quantitative estimate of drug-likeness (QED) is 0.0737. The summed E-state index contributed by atoms with van der Waals surface area (Å²) < 4.78 is 21.2. The van der Waals surface area contributed by atoms with Crippen molar-refractivity contribution in [3.05, 3.63) is 23.6 Å². The van der Waals surface area contributed by atoms with Crippen LogP contribution in [0.4, 0.5) is 0 Å². The van der Waals surface area contributed by atoms with Crippen molar-refractivity contribution in [3.63, 3.8) is 0 Å². The zero-order valence-electron chi connectivity index (χ0n) is 19.3. The normalized spacial score (nSPS) is 12.6. The van der Waals surface area contributed by atoms with Crippen LogP contribution in [0.2, 0.25) is 0 Å². The molecule has 0 saturated heterocycles. The van der Waals surface area contributed by atoms with E-state index >= 15 is 0 Å². The highest BCUT2D eigenvalue weighted by atomic mass is 16.7. The van der Waals surface area contributed by atoms with Crippen molar-refractivity contribution in [1.29, 1.82) is 0 Å². The number of ether oxygens (including phenoxy) is 4. The van der Waals surface area contributed by atoms with E-state index in [-0.39, 0.29) is 6.02 Å². The summed E-state index contributed by atoms with van der Waals surface area (Å²) in [5.74, 6) is 0.758. The fourth-order valence-electron chi connectivity index (χ4n) is 2.87. The number of aliphatic imine (C=N–C) groups is 1. The van der Waals surface area contributed by atoms with Crippen molar-refractivity contribution in [3.8, 4) is 0 Å². The summed E-state index contributed by atoms with van der Waals surface area (Å²) in [6, 6.07) is 0.160. The van der Waals surface area contributed by atoms with Gasteiger partial charge in [-0.2, -0.15) is 4.99 Å². The number of nitrogens with zero attached hydrogens (tertiary/aromatic N) is 1. The Labute approximate surface area is 178 Å². The van der Waals surface area contributed by atoms with Gasteiger partial charge in [0.2, 0.25) is 0 Å². The van der Waals surface area contributed by atoms with Gasteiger partial charge >= 0.3 is 0 Å². The Morgan fingerprint density at radius 2 is 1.52 bits per heavy atom. The van der Waals surface area contributed by atoms with Gasteiger partial charge < -0.3 is 24.7 Å². The van der Waals surface area contributed by atoms with Crippen molar-refractivity contribution in [1.82, 2.24) is 0 Å². The lowest BCUT2D eigenvalue weighted by Crippen LogP contribution is -2.14. The number of nitrogens with two attached hydrogens (primary N) is 1. The molecule has 0 bridgehead atoms. The van der Waals surface area contributed by atoms with E-state index in [9.17, 15) is 0 Å². The summed E-state index contributed by atoms with van der Waals surface area (Å²) in [4.78, 5) is 4.43. The summed E-state index contributed by atoms with van der Waals surface area (Å²) in [6.07, 6.45) is 12.5. The highest BCUT2D eigenvalue weighted by molar-refractivity contribution is 5.72. The van der Waals surface area contributed by atoms with E-state index in [0.29, 0.717) is 13.4 Å². The first kappa shape index (κ1) is 27.5. The minimum absolute atomic E-state index is 0.160. The SMILES string of the molecule is C=C(C)/C(OCCCC)=C(/CCCCCCCCCCOCOC)N=C(N)OC. The molecular formula is C23H44N2O4. The van der Waals surface area contributed by atoms with Crippen molar-refractivity contribution in [2.75, 3.05) is 34.2 Å². The van der Waals surface area contributed by atoms with E-state index < -0.39 is 0 Å². The first-order valence-corrected chi connectivity index (χ1v) is 11.0. The highest BCUT2D eigenvalue weighted by Crippen LogP contribution is 2.22. The van der Waals surface area contributed by atoms with Crippen molar-refractivity contribution in [2.24, 2.45) is 10.7 Å². The van der Waals surface area contributed by atoms with Crippen LogP contribution in [0.3, 0.4) is 0 Å². The lowest BCUT2D eigenvalue weighted by Gasteiger charge is -2.14. The molecule has 29 heavy (non-hydrogen) atoms. The molecule has 0 fully saturated rings. The van der Waals surface area contributed by atoms with Gasteiger partial charge in [-0.1, -0.05) is 58.4 Å². The van der Waals surface area contributed by atoms with Crippen LogP contribution in [0.5, 0.6) is 0 Å². The van der Waals surface area contributed by atoms with Crippen LogP contribution in [0, 0.1) is 0 Å². The number of hydrogen-bond acceptors (Lipinski definition) is 5. The maximum Gasteiger partial charge on any atom is 0.286 e. The Morgan fingerprint density at radius 3 is 2.07 bits per heavy atom. The second kappa shape index (κ2) is 19.8. The lowest BCUT2D eigenvalue weighted by atomic mass is 10.1. The van der Waals surface area contributed by atoms with Crippen molar-refractivity contribution < 1.29 is 18.9 Å². The minimum atomic E-state index is 0.160. The third kappa shape index (κ3) is 16.0. The monoisotopic (exact) mass is 412 g/mol. The summed E-state index contributed by atoms with van der Waals surface area (Å²) in [5, 5.41) is 0. The van der Waals surface area contributed by atoms with E-state index in [2.05, 4.69) is 18.5 Å². The molecule has 0 atom stereocenters. The van der Waals surface area contributed by atoms with Crippen LogP contribution < -0.4 is 5.73 Å². The van der Waals surface area contributed by atoms with Crippen molar-refractivity contribution in [2.45, 2.75) is 84.5 Å². The average molecular weight is 413 g/mol. The first-order chi connectivity index (χ1) is 14.1. The smallest absolute Gasteiger partial charge is 0.286 e. The standard InChI is InChI=1S/C23H44N2O4/c1-6-7-18-29-22(20(2)3)21(25-23(24)27-5)16-14-12-10-8-9-11-13-15-17-28-19-26-4/h2,6-19H2,1,3-5H3,(H2,24,25)/b22-21+. The molecule has 0 amide bonds. The van der Waals surface area contributed by atoms with Gasteiger partial charge in [0.15, 0.2) is 0 Å². The molecule has 6 heteroatoms. The molecule has 0 spiro atoms. The third-order valence-electron chi connectivity index (χ3n) is 4.50. The van der Waals surface area contributed by atoms with E-state index in [1.165, 1.54) is 45.6 Å². The molecule has 2 N–H and O–H groups in total. The number of methoxy groups -OCH3 is 2. The maximum atomic E-state index is 5.95. The number of hydrogen-bond donors (Lipinski definition) is 1. The largest absolute Gasteiger partial charge is 0.491 e. The van der Waals surface area contributed by atoms with Crippen LogP contribution in [0.25, 0.3) is 0 Å². The van der Waals surface area contributed by atoms with Crippen molar-refractivity contribution >= 4 is 6.02 Å². The Kier molecular flexibility index (Phi) is 18.7. The fraction of sp³-hybridized carbons (Fsp3) is 0.783. The van der Waals surface area contributed by atoms with Gasteiger partial charge in [0.05, 0.1) is 19.4 Å². The fourth-order valence-corrected chi connectivity index (χ4v) is 2.87. The predicted molar refractivity (Wildman–Crippen MR) is 121 cm³/mol. The molecule has 0 rings (SSSR count). The van der Waals surface area contributed by atoms with Gasteiger partial charge in [-0.3, -0.25) is 0 Å². The molecule has 0 aromatic carbocycles. The van der Waals surface area contributed by atoms with Crippen LogP contribution in [0.15, 0.2) is 28.6 Å². The third-order valence-corrected chi connectivity index (χ3v) is 4.50. The number of rotatable bonds is 19.